The Hall–Kier alpha value is -1.63. The van der Waals surface area contributed by atoms with Crippen LogP contribution in [0.1, 0.15) is 47.0 Å². The first-order chi connectivity index (χ1) is 10.2. The van der Waals surface area contributed by atoms with Crippen LogP contribution in [-0.2, 0) is 14.4 Å². The quantitative estimate of drug-likeness (QED) is 0.469. The summed E-state index contributed by atoms with van der Waals surface area (Å²) in [4.78, 5) is 35.4. The predicted octanol–water partition coefficient (Wildman–Crippen LogP) is 0.495. The number of unbranched alkanes of at least 4 members (excludes halogenated alkanes) is 1. The van der Waals surface area contributed by atoms with Crippen LogP contribution in [0.15, 0.2) is 0 Å². The first-order valence-electron chi connectivity index (χ1n) is 7.75. The third kappa shape index (κ3) is 6.89. The summed E-state index contributed by atoms with van der Waals surface area (Å²) in [5, 5.41) is 17.1. The number of hydrogen-bond donors (Lipinski definition) is 4. The van der Waals surface area contributed by atoms with E-state index in [1.165, 1.54) is 0 Å². The lowest BCUT2D eigenvalue weighted by Gasteiger charge is -2.25. The second-order valence-electron chi connectivity index (χ2n) is 5.78. The molecule has 7 heteroatoms. The molecule has 3 unspecified atom stereocenters. The van der Waals surface area contributed by atoms with Gasteiger partial charge in [-0.2, -0.15) is 0 Å². The zero-order valence-corrected chi connectivity index (χ0v) is 14.1. The molecule has 0 aromatic rings. The highest BCUT2D eigenvalue weighted by Gasteiger charge is 2.29. The van der Waals surface area contributed by atoms with E-state index in [2.05, 4.69) is 16.0 Å². The summed E-state index contributed by atoms with van der Waals surface area (Å²) in [5.41, 5.74) is 0. The molecule has 0 heterocycles. The van der Waals surface area contributed by atoms with E-state index in [4.69, 9.17) is 5.11 Å². The molecule has 0 aromatic carbocycles. The average Bonchev–Trinajstić information content (AvgIpc) is 2.46. The van der Waals surface area contributed by atoms with Gasteiger partial charge in [0.2, 0.25) is 11.8 Å². The Morgan fingerprint density at radius 2 is 1.64 bits per heavy atom. The van der Waals surface area contributed by atoms with Crippen molar-refractivity contribution in [2.75, 3.05) is 7.05 Å². The fraction of sp³-hybridized carbons (Fsp3) is 0.800. The second kappa shape index (κ2) is 10.2. The smallest absolute Gasteiger partial charge is 0.326 e. The molecule has 0 fully saturated rings. The summed E-state index contributed by atoms with van der Waals surface area (Å²) < 4.78 is 0. The number of aliphatic carboxylic acids is 1. The van der Waals surface area contributed by atoms with Gasteiger partial charge in [0.1, 0.15) is 12.1 Å². The lowest BCUT2D eigenvalue weighted by Crippen LogP contribution is -2.56. The molecule has 0 aliphatic carbocycles. The Morgan fingerprint density at radius 3 is 2.05 bits per heavy atom. The van der Waals surface area contributed by atoms with Crippen LogP contribution in [-0.4, -0.2) is 48.1 Å². The zero-order valence-electron chi connectivity index (χ0n) is 14.1. The maximum atomic E-state index is 12.3. The monoisotopic (exact) mass is 315 g/mol. The zero-order chi connectivity index (χ0) is 17.3. The fourth-order valence-electron chi connectivity index (χ4n) is 1.87. The fourth-order valence-corrected chi connectivity index (χ4v) is 1.87. The van der Waals surface area contributed by atoms with E-state index in [0.29, 0.717) is 12.8 Å². The number of nitrogens with one attached hydrogen (secondary N) is 3. The lowest BCUT2D eigenvalue weighted by atomic mass is 10.0. The van der Waals surface area contributed by atoms with Crippen molar-refractivity contribution in [1.82, 2.24) is 16.0 Å². The lowest BCUT2D eigenvalue weighted by molar-refractivity contribution is -0.142. The topological polar surface area (TPSA) is 108 Å². The Labute approximate surface area is 132 Å². The van der Waals surface area contributed by atoms with Crippen molar-refractivity contribution >= 4 is 17.8 Å². The van der Waals surface area contributed by atoms with Crippen LogP contribution in [0.3, 0.4) is 0 Å². The summed E-state index contributed by atoms with van der Waals surface area (Å²) >= 11 is 0. The highest BCUT2D eigenvalue weighted by molar-refractivity contribution is 5.91. The second-order valence-corrected chi connectivity index (χ2v) is 5.78. The summed E-state index contributed by atoms with van der Waals surface area (Å²) in [6, 6.07) is -2.11. The molecule has 22 heavy (non-hydrogen) atoms. The van der Waals surface area contributed by atoms with Gasteiger partial charge in [0.15, 0.2) is 0 Å². The van der Waals surface area contributed by atoms with Gasteiger partial charge < -0.3 is 21.1 Å². The molecule has 3 atom stereocenters. The molecule has 0 spiro atoms. The Bertz CT molecular complexity index is 385. The van der Waals surface area contributed by atoms with Crippen LogP contribution >= 0.6 is 0 Å². The first kappa shape index (κ1) is 20.4. The van der Waals surface area contributed by atoms with Crippen LogP contribution in [0.25, 0.3) is 0 Å². The van der Waals surface area contributed by atoms with Crippen molar-refractivity contribution in [2.24, 2.45) is 5.92 Å². The molecule has 0 aliphatic rings. The highest BCUT2D eigenvalue weighted by Crippen LogP contribution is 2.06. The number of amides is 2. The molecule has 128 valence electrons. The average molecular weight is 315 g/mol. The summed E-state index contributed by atoms with van der Waals surface area (Å²) in [6.45, 7) is 7.25. The van der Waals surface area contributed by atoms with Crippen molar-refractivity contribution in [2.45, 2.75) is 65.1 Å². The van der Waals surface area contributed by atoms with Crippen molar-refractivity contribution in [1.29, 1.82) is 0 Å². The van der Waals surface area contributed by atoms with Gasteiger partial charge in [-0.15, -0.1) is 0 Å². The van der Waals surface area contributed by atoms with Gasteiger partial charge >= 0.3 is 5.97 Å². The van der Waals surface area contributed by atoms with Gasteiger partial charge in [0.05, 0.1) is 6.04 Å². The minimum Gasteiger partial charge on any atom is -0.480 e. The number of rotatable bonds is 10. The summed E-state index contributed by atoms with van der Waals surface area (Å²) in [5.74, 6) is -1.96. The summed E-state index contributed by atoms with van der Waals surface area (Å²) in [7, 11) is 1.65. The van der Waals surface area contributed by atoms with E-state index in [1.807, 2.05) is 6.92 Å². The number of carboxylic acid groups (broad SMARTS) is 1. The van der Waals surface area contributed by atoms with Gasteiger partial charge in [-0.3, -0.25) is 9.59 Å². The van der Waals surface area contributed by atoms with E-state index in [-0.39, 0.29) is 11.8 Å². The predicted molar refractivity (Wildman–Crippen MR) is 84.4 cm³/mol. The molecular weight excluding hydrogens is 286 g/mol. The minimum absolute atomic E-state index is 0.145. The van der Waals surface area contributed by atoms with Crippen molar-refractivity contribution in [3.63, 3.8) is 0 Å². The van der Waals surface area contributed by atoms with Crippen LogP contribution in [0, 0.1) is 5.92 Å². The van der Waals surface area contributed by atoms with E-state index in [9.17, 15) is 14.4 Å². The van der Waals surface area contributed by atoms with E-state index in [0.717, 1.165) is 6.42 Å². The third-order valence-corrected chi connectivity index (χ3v) is 3.53. The third-order valence-electron chi connectivity index (χ3n) is 3.53. The van der Waals surface area contributed by atoms with E-state index in [1.54, 1.807) is 27.8 Å². The SMILES string of the molecule is CCCCC(NC(=O)C(NC(=O)C(C)NC)C(C)C)C(=O)O. The van der Waals surface area contributed by atoms with E-state index >= 15 is 0 Å². The number of hydrogen-bond acceptors (Lipinski definition) is 4. The Morgan fingerprint density at radius 1 is 1.05 bits per heavy atom. The van der Waals surface area contributed by atoms with Crippen molar-refractivity contribution in [3.05, 3.63) is 0 Å². The standard InChI is InChI=1S/C15H29N3O4/c1-6-7-8-11(15(21)22)17-14(20)12(9(2)3)18-13(19)10(4)16-5/h9-12,16H,6-8H2,1-5H3,(H,17,20)(H,18,19)(H,21,22). The van der Waals surface area contributed by atoms with Gasteiger partial charge in [0.25, 0.3) is 0 Å². The molecule has 0 bridgehead atoms. The minimum atomic E-state index is -1.06. The van der Waals surface area contributed by atoms with Gasteiger partial charge in [-0.25, -0.2) is 4.79 Å². The van der Waals surface area contributed by atoms with Gasteiger partial charge in [0, 0.05) is 0 Å². The molecule has 2 amide bonds. The largest absolute Gasteiger partial charge is 0.480 e. The normalized spacial score (nSPS) is 15.0. The van der Waals surface area contributed by atoms with Crippen LogP contribution < -0.4 is 16.0 Å². The maximum absolute atomic E-state index is 12.3. The number of carboxylic acids is 1. The first-order valence-corrected chi connectivity index (χ1v) is 7.75. The van der Waals surface area contributed by atoms with E-state index < -0.39 is 30.0 Å². The maximum Gasteiger partial charge on any atom is 0.326 e. The molecule has 7 nitrogen and oxygen atoms in total. The highest BCUT2D eigenvalue weighted by atomic mass is 16.4. The number of carbonyl (C=O) groups excluding carboxylic acids is 2. The summed E-state index contributed by atoms with van der Waals surface area (Å²) in [6.07, 6.45) is 1.94. The van der Waals surface area contributed by atoms with Gasteiger partial charge in [-0.05, 0) is 26.3 Å². The van der Waals surface area contributed by atoms with Crippen LogP contribution in [0.2, 0.25) is 0 Å². The number of likely N-dealkylation sites (N-methyl/N-ethyl adjacent to an activating group) is 1. The van der Waals surface area contributed by atoms with Crippen molar-refractivity contribution in [3.8, 4) is 0 Å². The Kier molecular flexibility index (Phi) is 9.40. The molecule has 4 N–H and O–H groups in total. The molecule has 0 radical (unpaired) electrons. The van der Waals surface area contributed by atoms with Crippen LogP contribution in [0.5, 0.6) is 0 Å². The molecule has 0 rings (SSSR count). The van der Waals surface area contributed by atoms with Crippen molar-refractivity contribution < 1.29 is 19.5 Å². The van der Waals surface area contributed by atoms with Crippen LogP contribution in [0.4, 0.5) is 0 Å². The molecule has 0 saturated heterocycles. The number of carbonyl (C=O) groups is 3. The molecule has 0 saturated carbocycles. The van der Waals surface area contributed by atoms with Gasteiger partial charge in [-0.1, -0.05) is 33.6 Å². The molecule has 0 aromatic heterocycles. The molecule has 0 aliphatic heterocycles. The molecular formula is C15H29N3O4. The Balaban J connectivity index is 4.83.